The van der Waals surface area contributed by atoms with Crippen molar-refractivity contribution in [1.82, 2.24) is 0 Å². The van der Waals surface area contributed by atoms with Crippen LogP contribution in [0.5, 0.6) is 0 Å². The van der Waals surface area contributed by atoms with Crippen LogP contribution in [0.15, 0.2) is 11.6 Å². The van der Waals surface area contributed by atoms with Crippen LogP contribution in [-0.4, -0.2) is 28.6 Å². The molecular weight excluding hydrogens is 340 g/mol. The van der Waals surface area contributed by atoms with Crippen LogP contribution in [-0.2, 0) is 14.3 Å². The van der Waals surface area contributed by atoms with Crippen molar-refractivity contribution in [2.45, 2.75) is 90.8 Å². The van der Waals surface area contributed by atoms with Crippen LogP contribution in [0, 0.1) is 28.6 Å². The van der Waals surface area contributed by atoms with E-state index in [1.807, 2.05) is 0 Å². The van der Waals surface area contributed by atoms with Crippen LogP contribution in [0.1, 0.15) is 79.1 Å². The maximum Gasteiger partial charge on any atom is 0.303 e. The number of hydrogen-bond acceptors (Lipinski definition) is 4. The minimum atomic E-state index is -0.936. The average Bonchev–Trinajstić information content (AvgIpc) is 2.89. The Morgan fingerprint density at radius 2 is 1.74 bits per heavy atom. The van der Waals surface area contributed by atoms with Crippen molar-refractivity contribution in [3.8, 4) is 0 Å². The van der Waals surface area contributed by atoms with Gasteiger partial charge >= 0.3 is 5.97 Å². The Morgan fingerprint density at radius 1 is 1.04 bits per heavy atom. The Hall–Kier alpha value is -1.16. The summed E-state index contributed by atoms with van der Waals surface area (Å²) in [5.41, 5.74) is 0.458. The van der Waals surface area contributed by atoms with Crippen molar-refractivity contribution >= 4 is 11.8 Å². The summed E-state index contributed by atoms with van der Waals surface area (Å²) in [5, 5.41) is 10.1. The molecule has 7 atom stereocenters. The van der Waals surface area contributed by atoms with E-state index in [2.05, 4.69) is 19.9 Å². The highest BCUT2D eigenvalue weighted by atomic mass is 16.6. The van der Waals surface area contributed by atoms with Crippen molar-refractivity contribution in [3.05, 3.63) is 11.6 Å². The third-order valence-electron chi connectivity index (χ3n) is 9.10. The standard InChI is InChI=1S/C23H34O4/c1-14(24)23(27-15(2)25)12-9-20-18-6-5-16-13-17(26)7-10-21(16,3)19(18)8-11-22(20,23)4/h13,17-20,26H,5-12H2,1-4H3/t17-,18+,19-,20+,21-,22-,23-/m0/s1. The van der Waals surface area contributed by atoms with E-state index in [1.165, 1.54) is 12.5 Å². The first-order valence-electron chi connectivity index (χ1n) is 10.7. The number of fused-ring (bicyclic) bond motifs is 5. The van der Waals surface area contributed by atoms with Gasteiger partial charge in [0.1, 0.15) is 0 Å². The van der Waals surface area contributed by atoms with Crippen LogP contribution >= 0.6 is 0 Å². The normalized spacial score (nSPS) is 48.7. The number of rotatable bonds is 2. The SMILES string of the molecule is CC(=O)O[C@]1(C(C)=O)CC[C@@H]2[C@@H]3CCC4=C[C@@H](O)CC[C@]4(C)[C@H]3CC[C@@]21C. The number of aliphatic hydroxyl groups is 1. The molecule has 0 saturated heterocycles. The molecule has 0 spiro atoms. The summed E-state index contributed by atoms with van der Waals surface area (Å²) < 4.78 is 5.83. The third kappa shape index (κ3) is 2.51. The molecule has 27 heavy (non-hydrogen) atoms. The summed E-state index contributed by atoms with van der Waals surface area (Å²) in [6.07, 6.45) is 9.62. The molecule has 4 aliphatic rings. The second-order valence-corrected chi connectivity index (χ2v) is 10.1. The Morgan fingerprint density at radius 3 is 2.41 bits per heavy atom. The number of ether oxygens (including phenoxy) is 1. The Balaban J connectivity index is 1.69. The molecule has 150 valence electrons. The lowest BCUT2D eigenvalue weighted by molar-refractivity contribution is -0.187. The lowest BCUT2D eigenvalue weighted by atomic mass is 9.46. The molecule has 1 N–H and O–H groups in total. The monoisotopic (exact) mass is 374 g/mol. The second kappa shape index (κ2) is 6.17. The average molecular weight is 375 g/mol. The van der Waals surface area contributed by atoms with Gasteiger partial charge in [0.25, 0.3) is 0 Å². The smallest absolute Gasteiger partial charge is 0.303 e. The number of Topliss-reactive ketones (excluding diaryl/α,β-unsaturated/α-hetero) is 1. The molecule has 0 radical (unpaired) electrons. The summed E-state index contributed by atoms with van der Waals surface area (Å²) in [6, 6.07) is 0. The van der Waals surface area contributed by atoms with Crippen LogP contribution < -0.4 is 0 Å². The molecule has 4 nitrogen and oxygen atoms in total. The van der Waals surface area contributed by atoms with Crippen LogP contribution in [0.3, 0.4) is 0 Å². The molecule has 4 rings (SSSR count). The van der Waals surface area contributed by atoms with E-state index in [1.54, 1.807) is 6.92 Å². The van der Waals surface area contributed by atoms with Crippen LogP contribution in [0.25, 0.3) is 0 Å². The van der Waals surface area contributed by atoms with Crippen molar-refractivity contribution in [2.75, 3.05) is 0 Å². The van der Waals surface area contributed by atoms with Gasteiger partial charge in [-0.2, -0.15) is 0 Å². The highest BCUT2D eigenvalue weighted by molar-refractivity contribution is 5.89. The van der Waals surface area contributed by atoms with Gasteiger partial charge in [0.15, 0.2) is 11.4 Å². The fraction of sp³-hybridized carbons (Fsp3) is 0.826. The number of aliphatic hydroxyl groups excluding tert-OH is 1. The molecule has 0 amide bonds. The maximum absolute atomic E-state index is 12.7. The minimum absolute atomic E-state index is 0.0181. The lowest BCUT2D eigenvalue weighted by Crippen LogP contribution is -2.58. The van der Waals surface area contributed by atoms with Crippen LogP contribution in [0.4, 0.5) is 0 Å². The fourth-order valence-electron chi connectivity index (χ4n) is 7.77. The summed E-state index contributed by atoms with van der Waals surface area (Å²) in [4.78, 5) is 24.6. The van der Waals surface area contributed by atoms with E-state index >= 15 is 0 Å². The maximum atomic E-state index is 12.7. The zero-order valence-corrected chi connectivity index (χ0v) is 17.2. The predicted octanol–water partition coefficient (Wildman–Crippen LogP) is 4.20. The molecule has 0 aromatic heterocycles. The number of hydrogen-bond donors (Lipinski definition) is 1. The predicted molar refractivity (Wildman–Crippen MR) is 103 cm³/mol. The lowest BCUT2D eigenvalue weighted by Gasteiger charge is -2.59. The van der Waals surface area contributed by atoms with Gasteiger partial charge in [-0.15, -0.1) is 0 Å². The molecule has 3 fully saturated rings. The first kappa shape index (κ1) is 19.2. The van der Waals surface area contributed by atoms with E-state index < -0.39 is 5.60 Å². The first-order chi connectivity index (χ1) is 12.6. The van der Waals surface area contributed by atoms with E-state index in [-0.39, 0.29) is 28.7 Å². The van der Waals surface area contributed by atoms with Gasteiger partial charge < -0.3 is 9.84 Å². The fourth-order valence-corrected chi connectivity index (χ4v) is 7.77. The van der Waals surface area contributed by atoms with Gasteiger partial charge in [0.05, 0.1) is 6.10 Å². The zero-order valence-electron chi connectivity index (χ0n) is 17.2. The van der Waals surface area contributed by atoms with Gasteiger partial charge in [-0.1, -0.05) is 25.5 Å². The number of allylic oxidation sites excluding steroid dienone is 1. The molecule has 0 aromatic rings. The summed E-state index contributed by atoms with van der Waals surface area (Å²) in [5.74, 6) is 1.31. The molecule has 0 heterocycles. The first-order valence-corrected chi connectivity index (χ1v) is 10.7. The largest absolute Gasteiger partial charge is 0.451 e. The van der Waals surface area contributed by atoms with Gasteiger partial charge in [-0.3, -0.25) is 9.59 Å². The quantitative estimate of drug-likeness (QED) is 0.581. The molecular formula is C23H34O4. The Kier molecular flexibility index (Phi) is 4.38. The topological polar surface area (TPSA) is 63.6 Å². The highest BCUT2D eigenvalue weighted by Crippen LogP contribution is 2.68. The molecule has 0 bridgehead atoms. The van der Waals surface area contributed by atoms with E-state index in [0.717, 1.165) is 44.9 Å². The third-order valence-corrected chi connectivity index (χ3v) is 9.10. The van der Waals surface area contributed by atoms with Crippen LogP contribution in [0.2, 0.25) is 0 Å². The summed E-state index contributed by atoms with van der Waals surface area (Å²) >= 11 is 0. The summed E-state index contributed by atoms with van der Waals surface area (Å²) in [7, 11) is 0. The van der Waals surface area contributed by atoms with Crippen molar-refractivity contribution in [3.63, 3.8) is 0 Å². The summed E-state index contributed by atoms with van der Waals surface area (Å²) in [6.45, 7) is 7.65. The Labute approximate surface area is 162 Å². The molecule has 3 saturated carbocycles. The molecule has 0 unspecified atom stereocenters. The van der Waals surface area contributed by atoms with E-state index in [9.17, 15) is 14.7 Å². The number of ketones is 1. The number of carbonyl (C=O) groups excluding carboxylic acids is 2. The van der Waals surface area contributed by atoms with E-state index in [4.69, 9.17) is 4.74 Å². The van der Waals surface area contributed by atoms with Gasteiger partial charge in [-0.25, -0.2) is 0 Å². The molecule has 0 aromatic carbocycles. The van der Waals surface area contributed by atoms with Crippen molar-refractivity contribution in [1.29, 1.82) is 0 Å². The molecule has 0 aliphatic heterocycles. The second-order valence-electron chi connectivity index (χ2n) is 10.1. The highest BCUT2D eigenvalue weighted by Gasteiger charge is 2.67. The van der Waals surface area contributed by atoms with Gasteiger partial charge in [0.2, 0.25) is 0 Å². The van der Waals surface area contributed by atoms with Crippen molar-refractivity contribution < 1.29 is 19.4 Å². The van der Waals surface area contributed by atoms with Gasteiger partial charge in [-0.05, 0) is 81.5 Å². The Bertz CT molecular complexity index is 696. The minimum Gasteiger partial charge on any atom is -0.451 e. The zero-order chi connectivity index (χ0) is 19.6. The molecule has 4 aliphatic carbocycles. The van der Waals surface area contributed by atoms with Crippen molar-refractivity contribution in [2.24, 2.45) is 28.6 Å². The van der Waals surface area contributed by atoms with Gasteiger partial charge in [0, 0.05) is 12.3 Å². The number of carbonyl (C=O) groups is 2. The number of esters is 1. The molecule has 4 heteroatoms. The van der Waals surface area contributed by atoms with E-state index in [0.29, 0.717) is 24.2 Å².